The Hall–Kier alpha value is -0.0800. The first kappa shape index (κ1) is 12.4. The molecule has 2 rings (SSSR count). The van der Waals surface area contributed by atoms with E-state index in [9.17, 15) is 0 Å². The molecule has 0 spiro atoms. The predicted molar refractivity (Wildman–Crippen MR) is 69.6 cm³/mol. The molecule has 0 amide bonds. The van der Waals surface area contributed by atoms with Gasteiger partial charge in [-0.2, -0.15) is 0 Å². The van der Waals surface area contributed by atoms with Crippen LogP contribution in [0.4, 0.5) is 0 Å². The third-order valence-electron chi connectivity index (χ3n) is 4.45. The number of nitrogens with one attached hydrogen (secondary N) is 1. The third kappa shape index (κ3) is 2.43. The maximum atomic E-state index is 3.74. The van der Waals surface area contributed by atoms with Crippen LogP contribution in [0.25, 0.3) is 0 Å². The fraction of sp³-hybridized carbons (Fsp3) is 1.00. The monoisotopic (exact) mass is 224 g/mol. The third-order valence-corrected chi connectivity index (χ3v) is 4.45. The molecule has 1 saturated heterocycles. The molecule has 2 nitrogen and oxygen atoms in total. The van der Waals surface area contributed by atoms with Crippen LogP contribution in [0.5, 0.6) is 0 Å². The average molecular weight is 224 g/mol. The van der Waals surface area contributed by atoms with Crippen molar-refractivity contribution in [1.29, 1.82) is 0 Å². The smallest absolute Gasteiger partial charge is 0.0334 e. The molecule has 1 saturated carbocycles. The molecule has 2 heteroatoms. The second-order valence-corrected chi connectivity index (χ2v) is 6.42. The molecular formula is C14H28N2. The van der Waals surface area contributed by atoms with Crippen LogP contribution in [0.15, 0.2) is 0 Å². The summed E-state index contributed by atoms with van der Waals surface area (Å²) in [4.78, 5) is 2.78. The number of rotatable bonds is 4. The Kier molecular flexibility index (Phi) is 3.60. The van der Waals surface area contributed by atoms with E-state index in [4.69, 9.17) is 0 Å². The van der Waals surface area contributed by atoms with Gasteiger partial charge in [0.2, 0.25) is 0 Å². The molecule has 0 aromatic rings. The first-order valence-electron chi connectivity index (χ1n) is 7.04. The van der Waals surface area contributed by atoms with Crippen LogP contribution in [-0.2, 0) is 0 Å². The molecular weight excluding hydrogens is 196 g/mol. The van der Waals surface area contributed by atoms with Crippen LogP contribution < -0.4 is 5.32 Å². The topological polar surface area (TPSA) is 15.3 Å². The summed E-state index contributed by atoms with van der Waals surface area (Å²) >= 11 is 0. The second kappa shape index (κ2) is 4.66. The highest BCUT2D eigenvalue weighted by atomic mass is 15.3. The lowest BCUT2D eigenvalue weighted by Gasteiger charge is -2.49. The fourth-order valence-corrected chi connectivity index (χ4v) is 3.11. The molecule has 0 bridgehead atoms. The van der Waals surface area contributed by atoms with Gasteiger partial charge in [0.05, 0.1) is 0 Å². The van der Waals surface area contributed by atoms with E-state index in [2.05, 4.69) is 37.9 Å². The molecule has 0 aromatic carbocycles. The van der Waals surface area contributed by atoms with Crippen molar-refractivity contribution < 1.29 is 0 Å². The molecule has 2 fully saturated rings. The molecule has 1 N–H and O–H groups in total. The van der Waals surface area contributed by atoms with Crippen LogP contribution in [0.1, 0.15) is 47.0 Å². The Bertz CT molecular complexity index is 235. The normalized spacial score (nSPS) is 36.9. The Labute approximate surface area is 101 Å². The van der Waals surface area contributed by atoms with Gasteiger partial charge in [0.15, 0.2) is 0 Å². The molecule has 16 heavy (non-hydrogen) atoms. The zero-order chi connectivity index (χ0) is 11.8. The lowest BCUT2D eigenvalue weighted by molar-refractivity contribution is 0.0248. The fourth-order valence-electron chi connectivity index (χ4n) is 3.11. The van der Waals surface area contributed by atoms with Gasteiger partial charge in [-0.3, -0.25) is 4.90 Å². The first-order valence-corrected chi connectivity index (χ1v) is 7.04. The minimum Gasteiger partial charge on any atom is -0.311 e. The van der Waals surface area contributed by atoms with Crippen molar-refractivity contribution in [2.24, 2.45) is 11.8 Å². The SMILES string of the molecule is CCC1CN(CC(C)C)C(C)(C2CC2)CN1. The maximum absolute atomic E-state index is 3.74. The summed E-state index contributed by atoms with van der Waals surface area (Å²) < 4.78 is 0. The Morgan fingerprint density at radius 3 is 2.56 bits per heavy atom. The van der Waals surface area contributed by atoms with E-state index in [1.807, 2.05) is 0 Å². The summed E-state index contributed by atoms with van der Waals surface area (Å²) in [5.74, 6) is 1.74. The highest BCUT2D eigenvalue weighted by Gasteiger charge is 2.47. The summed E-state index contributed by atoms with van der Waals surface area (Å²) in [5.41, 5.74) is 0.440. The van der Waals surface area contributed by atoms with Crippen LogP contribution >= 0.6 is 0 Å². The number of hydrogen-bond donors (Lipinski definition) is 1. The van der Waals surface area contributed by atoms with Crippen LogP contribution in [0.2, 0.25) is 0 Å². The number of hydrogen-bond acceptors (Lipinski definition) is 2. The lowest BCUT2D eigenvalue weighted by atomic mass is 9.88. The van der Waals surface area contributed by atoms with Crippen molar-refractivity contribution in [3.8, 4) is 0 Å². The highest BCUT2D eigenvalue weighted by molar-refractivity contribution is 5.04. The largest absolute Gasteiger partial charge is 0.311 e. The Balaban J connectivity index is 2.04. The Morgan fingerprint density at radius 1 is 1.38 bits per heavy atom. The Morgan fingerprint density at radius 2 is 2.06 bits per heavy atom. The molecule has 2 aliphatic rings. The summed E-state index contributed by atoms with van der Waals surface area (Å²) in [6.45, 7) is 13.2. The van der Waals surface area contributed by atoms with Gasteiger partial charge in [0, 0.05) is 31.2 Å². The van der Waals surface area contributed by atoms with Gasteiger partial charge >= 0.3 is 0 Å². The van der Waals surface area contributed by atoms with E-state index in [-0.39, 0.29) is 0 Å². The molecule has 1 aliphatic carbocycles. The summed E-state index contributed by atoms with van der Waals surface area (Å²) in [6, 6.07) is 0.713. The van der Waals surface area contributed by atoms with E-state index in [0.29, 0.717) is 11.6 Å². The number of nitrogens with zero attached hydrogens (tertiary/aromatic N) is 1. The zero-order valence-corrected chi connectivity index (χ0v) is 11.4. The van der Waals surface area contributed by atoms with Gasteiger partial charge in [0.25, 0.3) is 0 Å². The minimum absolute atomic E-state index is 0.440. The predicted octanol–water partition coefficient (Wildman–Crippen LogP) is 2.49. The molecule has 0 radical (unpaired) electrons. The van der Waals surface area contributed by atoms with E-state index < -0.39 is 0 Å². The van der Waals surface area contributed by atoms with E-state index in [1.54, 1.807) is 0 Å². The molecule has 94 valence electrons. The molecule has 2 unspecified atom stereocenters. The van der Waals surface area contributed by atoms with Gasteiger partial charge in [0.1, 0.15) is 0 Å². The molecule has 2 atom stereocenters. The second-order valence-electron chi connectivity index (χ2n) is 6.42. The van der Waals surface area contributed by atoms with Gasteiger partial charge in [-0.25, -0.2) is 0 Å². The van der Waals surface area contributed by atoms with Gasteiger partial charge in [-0.15, -0.1) is 0 Å². The van der Waals surface area contributed by atoms with Crippen LogP contribution in [0, 0.1) is 11.8 Å². The van der Waals surface area contributed by atoms with Gasteiger partial charge in [-0.1, -0.05) is 20.8 Å². The van der Waals surface area contributed by atoms with Crippen molar-refractivity contribution in [1.82, 2.24) is 10.2 Å². The first-order chi connectivity index (χ1) is 7.56. The van der Waals surface area contributed by atoms with Crippen molar-refractivity contribution in [3.63, 3.8) is 0 Å². The van der Waals surface area contributed by atoms with Gasteiger partial charge < -0.3 is 5.32 Å². The maximum Gasteiger partial charge on any atom is 0.0334 e. The summed E-state index contributed by atoms with van der Waals surface area (Å²) in [7, 11) is 0. The molecule has 0 aromatic heterocycles. The lowest BCUT2D eigenvalue weighted by Crippen LogP contribution is -2.64. The highest BCUT2D eigenvalue weighted by Crippen LogP contribution is 2.44. The molecule has 1 aliphatic heterocycles. The van der Waals surface area contributed by atoms with Crippen LogP contribution in [-0.4, -0.2) is 36.1 Å². The molecule has 1 heterocycles. The van der Waals surface area contributed by atoms with Crippen LogP contribution in [0.3, 0.4) is 0 Å². The van der Waals surface area contributed by atoms with E-state index >= 15 is 0 Å². The summed E-state index contributed by atoms with van der Waals surface area (Å²) in [6.07, 6.45) is 4.16. The number of piperazine rings is 1. The average Bonchev–Trinajstić information content (AvgIpc) is 3.04. The van der Waals surface area contributed by atoms with Crippen molar-refractivity contribution in [2.75, 3.05) is 19.6 Å². The van der Waals surface area contributed by atoms with Crippen molar-refractivity contribution in [2.45, 2.75) is 58.5 Å². The quantitative estimate of drug-likeness (QED) is 0.789. The standard InChI is InChI=1S/C14H28N2/c1-5-13-9-16(8-11(2)3)14(4,10-15-13)12-6-7-12/h11-13,15H,5-10H2,1-4H3. The van der Waals surface area contributed by atoms with Gasteiger partial charge in [-0.05, 0) is 38.0 Å². The zero-order valence-electron chi connectivity index (χ0n) is 11.4. The van der Waals surface area contributed by atoms with Crippen molar-refractivity contribution in [3.05, 3.63) is 0 Å². The minimum atomic E-state index is 0.440. The summed E-state index contributed by atoms with van der Waals surface area (Å²) in [5, 5.41) is 3.74. The van der Waals surface area contributed by atoms with Crippen molar-refractivity contribution >= 4 is 0 Å². The van der Waals surface area contributed by atoms with E-state index in [1.165, 1.54) is 38.9 Å². The van der Waals surface area contributed by atoms with E-state index in [0.717, 1.165) is 11.8 Å².